The Balaban J connectivity index is 2.09. The van der Waals surface area contributed by atoms with Crippen LogP contribution in [0, 0.1) is 0 Å². The molecule has 13 heteroatoms. The number of methoxy groups -OCH3 is 1. The van der Waals surface area contributed by atoms with Gasteiger partial charge in [0.1, 0.15) is 5.82 Å². The number of nitrogens with one attached hydrogen (secondary N) is 1. The predicted octanol–water partition coefficient (Wildman–Crippen LogP) is 2.80. The van der Waals surface area contributed by atoms with Crippen LogP contribution in [0.5, 0.6) is 5.75 Å². The van der Waals surface area contributed by atoms with E-state index in [0.717, 1.165) is 28.1 Å². The monoisotopic (exact) mass is 494 g/mol. The highest BCUT2D eigenvalue weighted by atomic mass is 19.4. The highest BCUT2D eigenvalue weighted by Crippen LogP contribution is 2.31. The van der Waals surface area contributed by atoms with Crippen LogP contribution in [0.4, 0.5) is 24.7 Å². The standard InChI is InChI=1S/C22H25F3N6O4/c1-4-6-10-30-18(26)17(19(32)27-21(30)34)29(5-2)20(33)16-15(35-3)12-31(28-16)14-9-7-8-13(11-14)22(23,24)25/h7-9,11-12H,4-6,10,26H2,1-3H3,(H,27,32,34). The van der Waals surface area contributed by atoms with Crippen molar-refractivity contribution in [1.82, 2.24) is 19.3 Å². The first-order chi connectivity index (χ1) is 16.5. The Labute approximate surface area is 197 Å². The van der Waals surface area contributed by atoms with E-state index in [9.17, 15) is 27.6 Å². The zero-order chi connectivity index (χ0) is 25.9. The number of rotatable bonds is 8. The number of aromatic nitrogens is 4. The Kier molecular flexibility index (Phi) is 7.37. The van der Waals surface area contributed by atoms with Gasteiger partial charge in [0.05, 0.1) is 24.6 Å². The van der Waals surface area contributed by atoms with Crippen molar-refractivity contribution in [3.8, 4) is 11.4 Å². The number of alkyl halides is 3. The maximum atomic E-state index is 13.4. The molecular weight excluding hydrogens is 469 g/mol. The van der Waals surface area contributed by atoms with Crippen LogP contribution in [-0.4, -0.2) is 38.9 Å². The Morgan fingerprint density at radius 1 is 1.26 bits per heavy atom. The highest BCUT2D eigenvalue weighted by molar-refractivity contribution is 6.07. The fourth-order valence-electron chi connectivity index (χ4n) is 3.52. The van der Waals surface area contributed by atoms with Crippen molar-refractivity contribution in [2.75, 3.05) is 24.3 Å². The first-order valence-electron chi connectivity index (χ1n) is 10.8. The van der Waals surface area contributed by atoms with Gasteiger partial charge in [-0.05, 0) is 31.5 Å². The molecule has 0 radical (unpaired) electrons. The minimum atomic E-state index is -4.57. The molecule has 1 aromatic carbocycles. The first kappa shape index (κ1) is 25.6. The van der Waals surface area contributed by atoms with Crippen LogP contribution >= 0.6 is 0 Å². The lowest BCUT2D eigenvalue weighted by Gasteiger charge is -2.22. The molecule has 35 heavy (non-hydrogen) atoms. The Bertz CT molecular complexity index is 1340. The van der Waals surface area contributed by atoms with Crippen molar-refractivity contribution in [3.05, 3.63) is 62.6 Å². The summed E-state index contributed by atoms with van der Waals surface area (Å²) in [4.78, 5) is 41.5. The van der Waals surface area contributed by atoms with E-state index in [2.05, 4.69) is 10.1 Å². The fraction of sp³-hybridized carbons (Fsp3) is 0.364. The molecule has 2 heterocycles. The van der Waals surface area contributed by atoms with Gasteiger partial charge in [0, 0.05) is 13.1 Å². The molecule has 2 aromatic heterocycles. The molecule has 3 rings (SSSR count). The molecule has 0 aliphatic carbocycles. The molecule has 10 nitrogen and oxygen atoms in total. The highest BCUT2D eigenvalue weighted by Gasteiger charge is 2.32. The third kappa shape index (κ3) is 5.08. The lowest BCUT2D eigenvalue weighted by atomic mass is 10.2. The van der Waals surface area contributed by atoms with Gasteiger partial charge >= 0.3 is 11.9 Å². The summed E-state index contributed by atoms with van der Waals surface area (Å²) in [5.74, 6) is -0.994. The number of nitrogen functional groups attached to an aromatic ring is 1. The molecular formula is C22H25F3N6O4. The van der Waals surface area contributed by atoms with Crippen molar-refractivity contribution in [2.24, 2.45) is 0 Å². The van der Waals surface area contributed by atoms with E-state index in [1.54, 1.807) is 6.92 Å². The van der Waals surface area contributed by atoms with Gasteiger partial charge in [-0.2, -0.15) is 18.3 Å². The number of anilines is 2. The van der Waals surface area contributed by atoms with Crippen molar-refractivity contribution >= 4 is 17.4 Å². The quantitative estimate of drug-likeness (QED) is 0.496. The van der Waals surface area contributed by atoms with Gasteiger partial charge in [0.15, 0.2) is 17.1 Å². The van der Waals surface area contributed by atoms with Gasteiger partial charge < -0.3 is 10.5 Å². The molecule has 0 atom stereocenters. The normalized spacial score (nSPS) is 11.5. The first-order valence-corrected chi connectivity index (χ1v) is 10.8. The van der Waals surface area contributed by atoms with Gasteiger partial charge in [-0.1, -0.05) is 19.4 Å². The van der Waals surface area contributed by atoms with Crippen LogP contribution in [0.1, 0.15) is 42.7 Å². The molecule has 0 aliphatic rings. The number of nitrogens with two attached hydrogens (primary N) is 1. The Morgan fingerprint density at radius 2 is 1.97 bits per heavy atom. The molecule has 0 bridgehead atoms. The fourth-order valence-corrected chi connectivity index (χ4v) is 3.52. The number of halogens is 3. The summed E-state index contributed by atoms with van der Waals surface area (Å²) < 4.78 is 46.9. The van der Waals surface area contributed by atoms with Crippen LogP contribution in [0.15, 0.2) is 40.1 Å². The summed E-state index contributed by atoms with van der Waals surface area (Å²) in [6.45, 7) is 3.74. The molecule has 3 aromatic rings. The number of ether oxygens (including phenoxy) is 1. The molecule has 0 saturated heterocycles. The van der Waals surface area contributed by atoms with Crippen molar-refractivity contribution < 1.29 is 22.7 Å². The number of H-pyrrole nitrogens is 1. The van der Waals surface area contributed by atoms with E-state index in [-0.39, 0.29) is 41.7 Å². The lowest BCUT2D eigenvalue weighted by molar-refractivity contribution is -0.137. The van der Waals surface area contributed by atoms with Gasteiger partial charge in [0.25, 0.3) is 11.5 Å². The molecule has 1 amide bonds. The third-order valence-electron chi connectivity index (χ3n) is 5.32. The summed E-state index contributed by atoms with van der Waals surface area (Å²) in [6.07, 6.45) is -1.93. The summed E-state index contributed by atoms with van der Waals surface area (Å²) in [6, 6.07) is 4.40. The van der Waals surface area contributed by atoms with Crippen LogP contribution in [-0.2, 0) is 12.7 Å². The zero-order valence-corrected chi connectivity index (χ0v) is 19.3. The van der Waals surface area contributed by atoms with E-state index in [0.29, 0.717) is 6.42 Å². The van der Waals surface area contributed by atoms with Crippen molar-refractivity contribution in [3.63, 3.8) is 0 Å². The van der Waals surface area contributed by atoms with Gasteiger partial charge in [-0.25, -0.2) is 9.48 Å². The largest absolute Gasteiger partial charge is 0.493 e. The molecule has 0 fully saturated rings. The SMILES string of the molecule is CCCCn1c(N)c(N(CC)C(=O)c2nn(-c3cccc(C(F)(F)F)c3)cc2OC)c(=O)[nH]c1=O. The number of nitrogens with zero attached hydrogens (tertiary/aromatic N) is 4. The zero-order valence-electron chi connectivity index (χ0n) is 19.3. The topological polar surface area (TPSA) is 128 Å². The second kappa shape index (κ2) is 10.1. The molecule has 0 aliphatic heterocycles. The molecule has 188 valence electrons. The summed E-state index contributed by atoms with van der Waals surface area (Å²) in [7, 11) is 1.27. The number of hydrogen-bond acceptors (Lipinski definition) is 6. The second-order valence-electron chi connectivity index (χ2n) is 7.59. The van der Waals surface area contributed by atoms with E-state index < -0.39 is 28.9 Å². The molecule has 0 saturated carbocycles. The molecule has 3 N–H and O–H groups in total. The van der Waals surface area contributed by atoms with Crippen molar-refractivity contribution in [1.29, 1.82) is 0 Å². The lowest BCUT2D eigenvalue weighted by Crippen LogP contribution is -2.41. The number of carbonyl (C=O) groups excluding carboxylic acids is 1. The van der Waals surface area contributed by atoms with Crippen LogP contribution in [0.2, 0.25) is 0 Å². The van der Waals surface area contributed by atoms with Crippen LogP contribution < -0.4 is 26.6 Å². The van der Waals surface area contributed by atoms with Gasteiger partial charge in [0.2, 0.25) is 0 Å². The number of aromatic amines is 1. The molecule has 0 spiro atoms. The minimum Gasteiger partial charge on any atom is -0.493 e. The van der Waals surface area contributed by atoms with Crippen LogP contribution in [0.25, 0.3) is 5.69 Å². The van der Waals surface area contributed by atoms with Gasteiger partial charge in [-0.3, -0.25) is 24.0 Å². The minimum absolute atomic E-state index is 0.0162. The van der Waals surface area contributed by atoms with Gasteiger partial charge in [-0.15, -0.1) is 0 Å². The van der Waals surface area contributed by atoms with E-state index in [1.807, 2.05) is 6.92 Å². The average Bonchev–Trinajstić information content (AvgIpc) is 3.25. The van der Waals surface area contributed by atoms with E-state index >= 15 is 0 Å². The number of benzene rings is 1. The third-order valence-corrected chi connectivity index (χ3v) is 5.32. The van der Waals surface area contributed by atoms with Crippen LogP contribution in [0.3, 0.4) is 0 Å². The number of amides is 1. The Morgan fingerprint density at radius 3 is 2.57 bits per heavy atom. The van der Waals surface area contributed by atoms with Crippen molar-refractivity contribution in [2.45, 2.75) is 39.4 Å². The predicted molar refractivity (Wildman–Crippen MR) is 123 cm³/mol. The number of carbonyl (C=O) groups is 1. The average molecular weight is 494 g/mol. The summed E-state index contributed by atoms with van der Waals surface area (Å²) in [5.41, 5.74) is 3.25. The summed E-state index contributed by atoms with van der Waals surface area (Å²) in [5, 5.41) is 4.13. The maximum absolute atomic E-state index is 13.4. The van der Waals surface area contributed by atoms with E-state index in [4.69, 9.17) is 10.5 Å². The molecule has 0 unspecified atom stereocenters. The summed E-state index contributed by atoms with van der Waals surface area (Å²) >= 11 is 0. The number of unbranched alkanes of at least 4 members (excludes halogenated alkanes) is 1. The Hall–Kier alpha value is -4.03. The maximum Gasteiger partial charge on any atom is 0.416 e. The number of hydrogen-bond donors (Lipinski definition) is 2. The smallest absolute Gasteiger partial charge is 0.416 e. The second-order valence-corrected chi connectivity index (χ2v) is 7.59. The van der Waals surface area contributed by atoms with E-state index in [1.165, 1.54) is 30.0 Å².